The number of hydrogen-bond acceptors (Lipinski definition) is 6. The first kappa shape index (κ1) is 16.0. The second-order valence-electron chi connectivity index (χ2n) is 6.56. The molecule has 2 saturated heterocycles. The number of nitrogens with one attached hydrogen (secondary N) is 1. The first-order valence-electron chi connectivity index (χ1n) is 8.82. The van der Waals surface area contributed by atoms with Crippen molar-refractivity contribution in [3.05, 3.63) is 36.9 Å². The lowest BCUT2D eigenvalue weighted by atomic mass is 9.86. The van der Waals surface area contributed by atoms with E-state index in [0.29, 0.717) is 13.1 Å². The number of amides is 1. The van der Waals surface area contributed by atoms with E-state index in [2.05, 4.69) is 25.3 Å². The fourth-order valence-electron chi connectivity index (χ4n) is 3.76. The molecule has 0 spiro atoms. The van der Waals surface area contributed by atoms with Crippen LogP contribution in [0, 0.1) is 0 Å². The molecule has 1 N–H and O–H groups in total. The summed E-state index contributed by atoms with van der Waals surface area (Å²) in [6, 6.07) is 3.70. The van der Waals surface area contributed by atoms with Gasteiger partial charge in [0, 0.05) is 51.0 Å². The fourth-order valence-corrected chi connectivity index (χ4v) is 3.76. The summed E-state index contributed by atoms with van der Waals surface area (Å²) in [5.41, 5.74) is -0.555. The molecule has 8 nitrogen and oxygen atoms in total. The summed E-state index contributed by atoms with van der Waals surface area (Å²) in [6.07, 6.45) is 8.72. The Labute approximate surface area is 146 Å². The standard InChI is InChI=1S/C17H23N7O/c25-15(17(3-8-18-9-4-17)24-10-2-7-21-24)22-11-13-23(14-12-22)16-19-5-1-6-20-16/h1-2,5-7,10,18H,3-4,8-9,11-14H2. The van der Waals surface area contributed by atoms with Crippen molar-refractivity contribution in [2.45, 2.75) is 18.4 Å². The summed E-state index contributed by atoms with van der Waals surface area (Å²) in [5, 5.41) is 7.75. The molecule has 0 saturated carbocycles. The number of piperazine rings is 1. The van der Waals surface area contributed by atoms with Crippen LogP contribution in [0.15, 0.2) is 36.9 Å². The minimum Gasteiger partial charge on any atom is -0.337 e. The molecule has 0 unspecified atom stereocenters. The quantitative estimate of drug-likeness (QED) is 0.853. The lowest BCUT2D eigenvalue weighted by Crippen LogP contribution is -2.59. The Bertz CT molecular complexity index is 689. The molecular formula is C17H23N7O. The number of carbonyl (C=O) groups excluding carboxylic acids is 1. The van der Waals surface area contributed by atoms with E-state index in [1.54, 1.807) is 18.6 Å². The maximum atomic E-state index is 13.4. The molecular weight excluding hydrogens is 318 g/mol. The zero-order chi connectivity index (χ0) is 17.1. The normalized spacial score (nSPS) is 20.5. The van der Waals surface area contributed by atoms with Crippen LogP contribution in [0.2, 0.25) is 0 Å². The monoisotopic (exact) mass is 341 g/mol. The summed E-state index contributed by atoms with van der Waals surface area (Å²) >= 11 is 0. The van der Waals surface area contributed by atoms with Gasteiger partial charge in [0.05, 0.1) is 0 Å². The molecule has 8 heteroatoms. The summed E-state index contributed by atoms with van der Waals surface area (Å²) in [7, 11) is 0. The SMILES string of the molecule is O=C(N1CCN(c2ncccn2)CC1)C1(n2cccn2)CCNCC1. The molecule has 0 atom stereocenters. The minimum absolute atomic E-state index is 0.186. The molecule has 4 heterocycles. The van der Waals surface area contributed by atoms with E-state index in [-0.39, 0.29) is 5.91 Å². The second kappa shape index (κ2) is 6.79. The first-order chi connectivity index (χ1) is 12.3. The Hall–Kier alpha value is -2.48. The largest absolute Gasteiger partial charge is 0.337 e. The van der Waals surface area contributed by atoms with Gasteiger partial charge >= 0.3 is 0 Å². The van der Waals surface area contributed by atoms with Gasteiger partial charge in [-0.1, -0.05) is 0 Å². The van der Waals surface area contributed by atoms with Crippen LogP contribution in [0.5, 0.6) is 0 Å². The van der Waals surface area contributed by atoms with Crippen molar-refractivity contribution >= 4 is 11.9 Å². The van der Waals surface area contributed by atoms with Gasteiger partial charge in [0.25, 0.3) is 5.91 Å². The Morgan fingerprint density at radius 1 is 1.00 bits per heavy atom. The highest BCUT2D eigenvalue weighted by Crippen LogP contribution is 2.30. The summed E-state index contributed by atoms with van der Waals surface area (Å²) < 4.78 is 1.86. The van der Waals surface area contributed by atoms with Crippen LogP contribution >= 0.6 is 0 Å². The number of rotatable bonds is 3. The number of carbonyl (C=O) groups is 1. The Morgan fingerprint density at radius 3 is 2.36 bits per heavy atom. The maximum absolute atomic E-state index is 13.4. The van der Waals surface area contributed by atoms with Crippen molar-refractivity contribution in [2.24, 2.45) is 0 Å². The second-order valence-corrected chi connectivity index (χ2v) is 6.56. The third-order valence-corrected chi connectivity index (χ3v) is 5.17. The third-order valence-electron chi connectivity index (χ3n) is 5.17. The Morgan fingerprint density at radius 2 is 1.72 bits per heavy atom. The number of aromatic nitrogens is 4. The molecule has 2 aromatic heterocycles. The van der Waals surface area contributed by atoms with E-state index in [1.165, 1.54) is 0 Å². The van der Waals surface area contributed by atoms with E-state index in [4.69, 9.17) is 0 Å². The minimum atomic E-state index is -0.555. The third kappa shape index (κ3) is 2.97. The average Bonchev–Trinajstić information content (AvgIpc) is 3.24. The van der Waals surface area contributed by atoms with Crippen molar-refractivity contribution < 1.29 is 4.79 Å². The van der Waals surface area contributed by atoms with Crippen LogP contribution in [-0.4, -0.2) is 69.8 Å². The number of anilines is 1. The van der Waals surface area contributed by atoms with E-state index in [1.807, 2.05) is 27.9 Å². The van der Waals surface area contributed by atoms with Gasteiger partial charge in [-0.25, -0.2) is 9.97 Å². The zero-order valence-electron chi connectivity index (χ0n) is 14.2. The average molecular weight is 341 g/mol. The van der Waals surface area contributed by atoms with Gasteiger partial charge in [0.1, 0.15) is 5.54 Å². The van der Waals surface area contributed by atoms with E-state index in [9.17, 15) is 4.79 Å². The van der Waals surface area contributed by atoms with E-state index < -0.39 is 5.54 Å². The molecule has 0 aliphatic carbocycles. The smallest absolute Gasteiger partial charge is 0.250 e. The zero-order valence-corrected chi connectivity index (χ0v) is 14.2. The van der Waals surface area contributed by atoms with E-state index >= 15 is 0 Å². The van der Waals surface area contributed by atoms with Crippen molar-refractivity contribution in [3.8, 4) is 0 Å². The van der Waals surface area contributed by atoms with Gasteiger partial charge in [-0.05, 0) is 38.1 Å². The summed E-state index contributed by atoms with van der Waals surface area (Å²) in [6.45, 7) is 4.56. The van der Waals surface area contributed by atoms with Crippen LogP contribution in [0.1, 0.15) is 12.8 Å². The molecule has 0 aromatic carbocycles. The predicted octanol–water partition coefficient (Wildman–Crippen LogP) is 0.101. The number of hydrogen-bond donors (Lipinski definition) is 1. The van der Waals surface area contributed by atoms with Crippen LogP contribution in [0.4, 0.5) is 5.95 Å². The topological polar surface area (TPSA) is 79.2 Å². The van der Waals surface area contributed by atoms with Crippen LogP contribution in [-0.2, 0) is 10.3 Å². The van der Waals surface area contributed by atoms with Crippen molar-refractivity contribution in [1.82, 2.24) is 30.0 Å². The highest BCUT2D eigenvalue weighted by atomic mass is 16.2. The van der Waals surface area contributed by atoms with Crippen LogP contribution in [0.3, 0.4) is 0 Å². The van der Waals surface area contributed by atoms with Crippen LogP contribution < -0.4 is 10.2 Å². The molecule has 2 fully saturated rings. The molecule has 0 radical (unpaired) electrons. The lowest BCUT2D eigenvalue weighted by Gasteiger charge is -2.43. The highest BCUT2D eigenvalue weighted by Gasteiger charge is 2.45. The number of nitrogens with zero attached hydrogens (tertiary/aromatic N) is 6. The molecule has 0 bridgehead atoms. The summed E-state index contributed by atoms with van der Waals surface area (Å²) in [5.74, 6) is 0.921. The Balaban J connectivity index is 1.49. The van der Waals surface area contributed by atoms with Gasteiger partial charge in [-0.3, -0.25) is 9.48 Å². The van der Waals surface area contributed by atoms with Crippen LogP contribution in [0.25, 0.3) is 0 Å². The molecule has 132 valence electrons. The number of piperidine rings is 1. The lowest BCUT2D eigenvalue weighted by molar-refractivity contribution is -0.143. The van der Waals surface area contributed by atoms with Crippen molar-refractivity contribution in [2.75, 3.05) is 44.2 Å². The van der Waals surface area contributed by atoms with E-state index in [0.717, 1.165) is 45.0 Å². The molecule has 2 aliphatic rings. The molecule has 2 aliphatic heterocycles. The van der Waals surface area contributed by atoms with Gasteiger partial charge < -0.3 is 15.1 Å². The van der Waals surface area contributed by atoms with Gasteiger partial charge in [-0.2, -0.15) is 5.10 Å². The fraction of sp³-hybridized carbons (Fsp3) is 0.529. The van der Waals surface area contributed by atoms with Gasteiger partial charge in [0.2, 0.25) is 5.95 Å². The molecule has 4 rings (SSSR count). The first-order valence-corrected chi connectivity index (χ1v) is 8.82. The van der Waals surface area contributed by atoms with Gasteiger partial charge in [0.15, 0.2) is 0 Å². The predicted molar refractivity (Wildman–Crippen MR) is 93.1 cm³/mol. The maximum Gasteiger partial charge on any atom is 0.250 e. The highest BCUT2D eigenvalue weighted by molar-refractivity contribution is 5.85. The summed E-state index contributed by atoms with van der Waals surface area (Å²) in [4.78, 5) is 26.1. The molecule has 2 aromatic rings. The Kier molecular flexibility index (Phi) is 4.35. The molecule has 25 heavy (non-hydrogen) atoms. The molecule has 1 amide bonds. The van der Waals surface area contributed by atoms with Crippen molar-refractivity contribution in [1.29, 1.82) is 0 Å². The van der Waals surface area contributed by atoms with Crippen molar-refractivity contribution in [3.63, 3.8) is 0 Å². The van der Waals surface area contributed by atoms with Gasteiger partial charge in [-0.15, -0.1) is 0 Å².